The number of nitrogens with two attached hydrogens (primary N) is 1. The molecule has 0 aromatic heterocycles. The van der Waals surface area contributed by atoms with Crippen LogP contribution in [0.1, 0.15) is 19.8 Å². The van der Waals surface area contributed by atoms with Crippen LogP contribution in [-0.4, -0.2) is 55.0 Å². The van der Waals surface area contributed by atoms with Crippen LogP contribution < -0.4 is 5.73 Å². The van der Waals surface area contributed by atoms with E-state index in [2.05, 4.69) is 18.4 Å². The van der Waals surface area contributed by atoms with Crippen molar-refractivity contribution in [2.75, 3.05) is 39.3 Å². The predicted octanol–water partition coefficient (Wildman–Crippen LogP) is 0.692. The van der Waals surface area contributed by atoms with Crippen LogP contribution in [0.3, 0.4) is 0 Å². The van der Waals surface area contributed by atoms with Crippen molar-refractivity contribution >= 4 is 5.91 Å². The maximum absolute atomic E-state index is 12.2. The Morgan fingerprint density at radius 1 is 1.41 bits per heavy atom. The van der Waals surface area contributed by atoms with Gasteiger partial charge in [0.25, 0.3) is 0 Å². The number of hydrogen-bond acceptors (Lipinski definition) is 3. The third-order valence-electron chi connectivity index (χ3n) is 3.34. The summed E-state index contributed by atoms with van der Waals surface area (Å²) in [6.07, 6.45) is 3.84. The summed E-state index contributed by atoms with van der Waals surface area (Å²) in [5.41, 5.74) is 5.67. The molecule has 1 fully saturated rings. The molecule has 98 valence electrons. The Balaban J connectivity index is 2.41. The Labute approximate surface area is 104 Å². The van der Waals surface area contributed by atoms with Gasteiger partial charge in [0.1, 0.15) is 0 Å². The molecule has 17 heavy (non-hydrogen) atoms. The summed E-state index contributed by atoms with van der Waals surface area (Å²) in [4.78, 5) is 16.5. The standard InChI is InChI=1S/C13H25N3O/c1-3-5-12(11-14)13(17)16-9-7-15(6-4-2)8-10-16/h4,12H,2-3,5-11,14H2,1H3. The summed E-state index contributed by atoms with van der Waals surface area (Å²) in [5.74, 6) is 0.263. The van der Waals surface area contributed by atoms with Crippen molar-refractivity contribution in [3.05, 3.63) is 12.7 Å². The molecule has 1 saturated heterocycles. The van der Waals surface area contributed by atoms with Crippen molar-refractivity contribution in [1.82, 2.24) is 9.80 Å². The van der Waals surface area contributed by atoms with Crippen molar-refractivity contribution in [3.63, 3.8) is 0 Å². The van der Waals surface area contributed by atoms with Crippen molar-refractivity contribution in [3.8, 4) is 0 Å². The van der Waals surface area contributed by atoms with Crippen LogP contribution >= 0.6 is 0 Å². The van der Waals surface area contributed by atoms with Gasteiger partial charge in [-0.05, 0) is 6.42 Å². The van der Waals surface area contributed by atoms with Crippen LogP contribution in [0.5, 0.6) is 0 Å². The molecule has 1 atom stereocenters. The summed E-state index contributed by atoms with van der Waals surface area (Å²) >= 11 is 0. The Morgan fingerprint density at radius 3 is 2.53 bits per heavy atom. The molecular weight excluding hydrogens is 214 g/mol. The maximum atomic E-state index is 12.2. The molecule has 1 heterocycles. The van der Waals surface area contributed by atoms with Crippen molar-refractivity contribution in [2.45, 2.75) is 19.8 Å². The SMILES string of the molecule is C=CCN1CCN(C(=O)C(CN)CCC)CC1. The zero-order valence-corrected chi connectivity index (χ0v) is 10.9. The molecule has 0 radical (unpaired) electrons. The van der Waals surface area contributed by atoms with E-state index in [1.54, 1.807) is 0 Å². The van der Waals surface area contributed by atoms with Crippen LogP contribution in [-0.2, 0) is 4.79 Å². The molecule has 4 nitrogen and oxygen atoms in total. The van der Waals surface area contributed by atoms with Crippen LogP contribution in [0, 0.1) is 5.92 Å². The Kier molecular flexibility index (Phi) is 6.22. The first-order valence-electron chi connectivity index (χ1n) is 6.55. The minimum atomic E-state index is 0.0194. The minimum absolute atomic E-state index is 0.0194. The van der Waals surface area contributed by atoms with Gasteiger partial charge in [-0.25, -0.2) is 0 Å². The van der Waals surface area contributed by atoms with E-state index in [4.69, 9.17) is 5.73 Å². The van der Waals surface area contributed by atoms with Crippen molar-refractivity contribution < 1.29 is 4.79 Å². The van der Waals surface area contributed by atoms with E-state index >= 15 is 0 Å². The van der Waals surface area contributed by atoms with Gasteiger partial charge < -0.3 is 10.6 Å². The molecule has 0 bridgehead atoms. The van der Waals surface area contributed by atoms with Crippen LogP contribution in [0.15, 0.2) is 12.7 Å². The zero-order valence-electron chi connectivity index (χ0n) is 10.9. The van der Waals surface area contributed by atoms with Gasteiger partial charge >= 0.3 is 0 Å². The molecule has 4 heteroatoms. The lowest BCUT2D eigenvalue weighted by atomic mass is 10.0. The largest absolute Gasteiger partial charge is 0.340 e. The highest BCUT2D eigenvalue weighted by molar-refractivity contribution is 5.79. The van der Waals surface area contributed by atoms with Crippen molar-refractivity contribution in [2.24, 2.45) is 11.7 Å². The molecule has 2 N–H and O–H groups in total. The third kappa shape index (κ3) is 4.13. The number of carbonyl (C=O) groups is 1. The monoisotopic (exact) mass is 239 g/mol. The topological polar surface area (TPSA) is 49.6 Å². The van der Waals surface area contributed by atoms with Gasteiger partial charge in [0.15, 0.2) is 0 Å². The number of nitrogens with zero attached hydrogens (tertiary/aromatic N) is 2. The van der Waals surface area contributed by atoms with Gasteiger partial charge in [-0.2, -0.15) is 0 Å². The molecule has 1 amide bonds. The second kappa shape index (κ2) is 7.45. The Morgan fingerprint density at radius 2 is 2.06 bits per heavy atom. The summed E-state index contributed by atoms with van der Waals surface area (Å²) in [6.45, 7) is 10.8. The van der Waals surface area contributed by atoms with Gasteiger partial charge in [-0.15, -0.1) is 6.58 Å². The summed E-state index contributed by atoms with van der Waals surface area (Å²) in [6, 6.07) is 0. The Hall–Kier alpha value is -0.870. The number of carbonyl (C=O) groups excluding carboxylic acids is 1. The molecule has 0 saturated carbocycles. The molecule has 0 aromatic rings. The van der Waals surface area contributed by atoms with E-state index in [-0.39, 0.29) is 11.8 Å². The normalized spacial score (nSPS) is 19.1. The van der Waals surface area contributed by atoms with Crippen LogP contribution in [0.2, 0.25) is 0 Å². The Bertz CT molecular complexity index is 247. The van der Waals surface area contributed by atoms with Gasteiger partial charge in [0.2, 0.25) is 5.91 Å². The first-order chi connectivity index (χ1) is 8.22. The average Bonchev–Trinajstić information content (AvgIpc) is 2.36. The fraction of sp³-hybridized carbons (Fsp3) is 0.769. The maximum Gasteiger partial charge on any atom is 0.227 e. The predicted molar refractivity (Wildman–Crippen MR) is 70.7 cm³/mol. The van der Waals surface area contributed by atoms with Crippen molar-refractivity contribution in [1.29, 1.82) is 0 Å². The molecule has 1 unspecified atom stereocenters. The average molecular weight is 239 g/mol. The quantitative estimate of drug-likeness (QED) is 0.694. The van der Waals surface area contributed by atoms with Crippen LogP contribution in [0.25, 0.3) is 0 Å². The smallest absolute Gasteiger partial charge is 0.227 e. The molecule has 1 aliphatic heterocycles. The fourth-order valence-corrected chi connectivity index (χ4v) is 2.28. The summed E-state index contributed by atoms with van der Waals surface area (Å²) < 4.78 is 0. The molecule has 1 aliphatic rings. The molecule has 0 aliphatic carbocycles. The lowest BCUT2D eigenvalue weighted by Gasteiger charge is -2.35. The number of rotatable bonds is 6. The number of hydrogen-bond donors (Lipinski definition) is 1. The summed E-state index contributed by atoms with van der Waals surface area (Å²) in [5, 5.41) is 0. The molecule has 1 rings (SSSR count). The number of amides is 1. The van der Waals surface area contributed by atoms with E-state index < -0.39 is 0 Å². The van der Waals surface area contributed by atoms with Gasteiger partial charge in [0.05, 0.1) is 5.92 Å². The van der Waals surface area contributed by atoms with Gasteiger partial charge in [-0.1, -0.05) is 19.4 Å². The third-order valence-corrected chi connectivity index (χ3v) is 3.34. The molecule has 0 aromatic carbocycles. The summed E-state index contributed by atoms with van der Waals surface area (Å²) in [7, 11) is 0. The highest BCUT2D eigenvalue weighted by atomic mass is 16.2. The zero-order chi connectivity index (χ0) is 12.7. The van der Waals surface area contributed by atoms with Gasteiger partial charge in [0, 0.05) is 39.3 Å². The van der Waals surface area contributed by atoms with E-state index in [1.165, 1.54) is 0 Å². The lowest BCUT2D eigenvalue weighted by Crippen LogP contribution is -2.51. The molecule has 0 spiro atoms. The highest BCUT2D eigenvalue weighted by Crippen LogP contribution is 2.11. The lowest BCUT2D eigenvalue weighted by molar-refractivity contribution is -0.137. The molecular formula is C13H25N3O. The highest BCUT2D eigenvalue weighted by Gasteiger charge is 2.25. The van der Waals surface area contributed by atoms with E-state index in [0.29, 0.717) is 6.54 Å². The second-order valence-corrected chi connectivity index (χ2v) is 4.64. The van der Waals surface area contributed by atoms with Gasteiger partial charge in [-0.3, -0.25) is 9.69 Å². The number of piperazine rings is 1. The van der Waals surface area contributed by atoms with E-state index in [1.807, 2.05) is 11.0 Å². The second-order valence-electron chi connectivity index (χ2n) is 4.64. The van der Waals surface area contributed by atoms with E-state index in [9.17, 15) is 4.79 Å². The first kappa shape index (κ1) is 14.2. The minimum Gasteiger partial charge on any atom is -0.340 e. The first-order valence-corrected chi connectivity index (χ1v) is 6.55. The fourth-order valence-electron chi connectivity index (χ4n) is 2.28. The van der Waals surface area contributed by atoms with E-state index in [0.717, 1.165) is 45.6 Å². The van der Waals surface area contributed by atoms with Crippen LogP contribution in [0.4, 0.5) is 0 Å².